The summed E-state index contributed by atoms with van der Waals surface area (Å²) in [5.74, 6) is -2.25. The topological polar surface area (TPSA) is 116 Å². The summed E-state index contributed by atoms with van der Waals surface area (Å²) in [6, 6.07) is 20.8. The van der Waals surface area contributed by atoms with Crippen LogP contribution < -0.4 is 11.1 Å². The number of nitrogens with one attached hydrogen (secondary N) is 1. The third-order valence-electron chi connectivity index (χ3n) is 4.52. The maximum atomic E-state index is 12.8. The average molecular weight is 416 g/mol. The first-order chi connectivity index (χ1) is 14.9. The largest absolute Gasteiger partial charge is 0.449 e. The smallest absolute Gasteiger partial charge is 0.339 e. The van der Waals surface area contributed by atoms with Crippen LogP contribution in [-0.2, 0) is 9.53 Å². The summed E-state index contributed by atoms with van der Waals surface area (Å²) in [4.78, 5) is 49.0. The molecule has 31 heavy (non-hydrogen) atoms. The fraction of sp³-hybridized carbons (Fsp3) is 0.0833. The van der Waals surface area contributed by atoms with Gasteiger partial charge < -0.3 is 15.8 Å². The number of amides is 2. The number of ketones is 1. The molecular weight excluding hydrogens is 396 g/mol. The fourth-order valence-electron chi connectivity index (χ4n) is 2.84. The lowest BCUT2D eigenvalue weighted by atomic mass is 9.98. The number of hydrogen-bond acceptors (Lipinski definition) is 5. The Bertz CT molecular complexity index is 1120. The van der Waals surface area contributed by atoms with Crippen LogP contribution in [0.1, 0.15) is 43.6 Å². The summed E-state index contributed by atoms with van der Waals surface area (Å²) < 4.78 is 5.28. The second-order valence-corrected chi connectivity index (χ2v) is 6.72. The van der Waals surface area contributed by atoms with Crippen LogP contribution in [0.4, 0.5) is 5.69 Å². The monoisotopic (exact) mass is 416 g/mol. The summed E-state index contributed by atoms with van der Waals surface area (Å²) in [6.45, 7) is 1.42. The average Bonchev–Trinajstić information content (AvgIpc) is 2.79. The highest BCUT2D eigenvalue weighted by atomic mass is 16.5. The number of carbonyl (C=O) groups is 4. The Labute approximate surface area is 178 Å². The quantitative estimate of drug-likeness (QED) is 0.453. The second-order valence-electron chi connectivity index (χ2n) is 6.72. The molecule has 3 rings (SSSR count). The molecule has 0 aliphatic heterocycles. The first kappa shape index (κ1) is 21.4. The molecule has 0 radical (unpaired) electrons. The van der Waals surface area contributed by atoms with Crippen molar-refractivity contribution < 1.29 is 23.9 Å². The first-order valence-corrected chi connectivity index (χ1v) is 9.47. The lowest BCUT2D eigenvalue weighted by molar-refractivity contribution is -0.123. The fourth-order valence-corrected chi connectivity index (χ4v) is 2.84. The van der Waals surface area contributed by atoms with E-state index in [2.05, 4.69) is 5.32 Å². The zero-order valence-corrected chi connectivity index (χ0v) is 16.7. The molecule has 156 valence electrons. The van der Waals surface area contributed by atoms with E-state index in [9.17, 15) is 19.2 Å². The van der Waals surface area contributed by atoms with Crippen molar-refractivity contribution in [1.82, 2.24) is 0 Å². The zero-order chi connectivity index (χ0) is 22.4. The molecule has 7 heteroatoms. The molecule has 0 spiro atoms. The third kappa shape index (κ3) is 5.22. The van der Waals surface area contributed by atoms with E-state index in [1.54, 1.807) is 42.5 Å². The highest BCUT2D eigenvalue weighted by Gasteiger charge is 2.23. The maximum Gasteiger partial charge on any atom is 0.339 e. The predicted octanol–water partition coefficient (Wildman–Crippen LogP) is 3.20. The number of anilines is 1. The van der Waals surface area contributed by atoms with Gasteiger partial charge in [-0.2, -0.15) is 0 Å². The van der Waals surface area contributed by atoms with Crippen molar-refractivity contribution in [3.63, 3.8) is 0 Å². The first-order valence-electron chi connectivity index (χ1n) is 9.47. The number of primary amides is 1. The molecule has 1 atom stereocenters. The number of benzene rings is 3. The Morgan fingerprint density at radius 3 is 1.97 bits per heavy atom. The van der Waals surface area contributed by atoms with Crippen LogP contribution >= 0.6 is 0 Å². The van der Waals surface area contributed by atoms with Crippen molar-refractivity contribution in [2.45, 2.75) is 13.0 Å². The van der Waals surface area contributed by atoms with Crippen molar-refractivity contribution in [3.8, 4) is 0 Å². The van der Waals surface area contributed by atoms with Gasteiger partial charge in [-0.25, -0.2) is 4.79 Å². The molecular formula is C24H20N2O5. The Kier molecular flexibility index (Phi) is 6.57. The standard InChI is InChI=1S/C24H20N2O5/c1-15(23(29)26-18-13-11-17(12-14-18)22(25)28)31-24(30)20-10-6-5-9-19(20)21(27)16-7-3-2-4-8-16/h2-15H,1H3,(H2,25,28)(H,26,29)/t15-/m0/s1. The van der Waals surface area contributed by atoms with E-state index in [1.165, 1.54) is 43.3 Å². The van der Waals surface area contributed by atoms with Crippen LogP contribution in [0.15, 0.2) is 78.9 Å². The van der Waals surface area contributed by atoms with Gasteiger partial charge in [-0.1, -0.05) is 48.5 Å². The summed E-state index contributed by atoms with van der Waals surface area (Å²) in [6.07, 6.45) is -1.12. The van der Waals surface area contributed by atoms with E-state index in [-0.39, 0.29) is 16.9 Å². The van der Waals surface area contributed by atoms with Crippen molar-refractivity contribution in [1.29, 1.82) is 0 Å². The van der Waals surface area contributed by atoms with Gasteiger partial charge in [-0.15, -0.1) is 0 Å². The SMILES string of the molecule is C[C@H](OC(=O)c1ccccc1C(=O)c1ccccc1)C(=O)Nc1ccc(C(N)=O)cc1. The van der Waals surface area contributed by atoms with Gasteiger partial charge in [0.15, 0.2) is 11.9 Å². The van der Waals surface area contributed by atoms with Gasteiger partial charge in [0.25, 0.3) is 5.91 Å². The van der Waals surface area contributed by atoms with Gasteiger partial charge in [0.05, 0.1) is 5.56 Å². The molecule has 0 aliphatic rings. The summed E-state index contributed by atoms with van der Waals surface area (Å²) in [5, 5.41) is 2.59. The van der Waals surface area contributed by atoms with Gasteiger partial charge in [0.1, 0.15) is 0 Å². The highest BCUT2D eigenvalue weighted by Crippen LogP contribution is 2.17. The number of carbonyl (C=O) groups excluding carboxylic acids is 4. The van der Waals surface area contributed by atoms with Gasteiger partial charge in [0, 0.05) is 22.4 Å². The minimum atomic E-state index is -1.12. The van der Waals surface area contributed by atoms with Crippen molar-refractivity contribution in [3.05, 3.63) is 101 Å². The molecule has 0 fully saturated rings. The van der Waals surface area contributed by atoms with E-state index < -0.39 is 23.9 Å². The van der Waals surface area contributed by atoms with Gasteiger partial charge in [-0.05, 0) is 37.3 Å². The molecule has 0 aromatic heterocycles. The number of esters is 1. The van der Waals surface area contributed by atoms with E-state index in [4.69, 9.17) is 10.5 Å². The minimum Gasteiger partial charge on any atom is -0.449 e. The summed E-state index contributed by atoms with van der Waals surface area (Å²) >= 11 is 0. The summed E-state index contributed by atoms with van der Waals surface area (Å²) in [7, 11) is 0. The van der Waals surface area contributed by atoms with E-state index >= 15 is 0 Å². The molecule has 0 aliphatic carbocycles. The van der Waals surface area contributed by atoms with Crippen LogP contribution in [0.5, 0.6) is 0 Å². The third-order valence-corrected chi connectivity index (χ3v) is 4.52. The normalized spacial score (nSPS) is 11.3. The molecule has 3 aromatic rings. The van der Waals surface area contributed by atoms with Gasteiger partial charge in [-0.3, -0.25) is 14.4 Å². The summed E-state index contributed by atoms with van der Waals surface area (Å²) in [5.41, 5.74) is 6.60. The number of hydrogen-bond donors (Lipinski definition) is 2. The Balaban J connectivity index is 1.70. The Morgan fingerprint density at radius 1 is 0.774 bits per heavy atom. The number of rotatable bonds is 7. The predicted molar refractivity (Wildman–Crippen MR) is 115 cm³/mol. The van der Waals surface area contributed by atoms with Crippen molar-refractivity contribution >= 4 is 29.3 Å². The number of nitrogens with two attached hydrogens (primary N) is 1. The van der Waals surface area contributed by atoms with E-state index in [1.807, 2.05) is 0 Å². The van der Waals surface area contributed by atoms with Gasteiger partial charge >= 0.3 is 5.97 Å². The van der Waals surface area contributed by atoms with Crippen LogP contribution in [0.2, 0.25) is 0 Å². The molecule has 0 saturated heterocycles. The van der Waals surface area contributed by atoms with E-state index in [0.29, 0.717) is 16.8 Å². The van der Waals surface area contributed by atoms with Crippen LogP contribution in [0, 0.1) is 0 Å². The second kappa shape index (κ2) is 9.49. The molecule has 2 amide bonds. The highest BCUT2D eigenvalue weighted by molar-refractivity contribution is 6.14. The number of ether oxygens (including phenoxy) is 1. The molecule has 0 saturated carbocycles. The molecule has 0 bridgehead atoms. The van der Waals surface area contributed by atoms with Gasteiger partial charge in [0.2, 0.25) is 5.91 Å². The lowest BCUT2D eigenvalue weighted by Gasteiger charge is -2.15. The van der Waals surface area contributed by atoms with Crippen molar-refractivity contribution in [2.75, 3.05) is 5.32 Å². The molecule has 3 N–H and O–H groups in total. The van der Waals surface area contributed by atoms with Crippen LogP contribution in [0.3, 0.4) is 0 Å². The molecule has 3 aromatic carbocycles. The molecule has 0 unspecified atom stereocenters. The molecule has 0 heterocycles. The zero-order valence-electron chi connectivity index (χ0n) is 16.7. The molecule has 7 nitrogen and oxygen atoms in total. The van der Waals surface area contributed by atoms with Crippen molar-refractivity contribution in [2.24, 2.45) is 5.73 Å². The van der Waals surface area contributed by atoms with E-state index in [0.717, 1.165) is 0 Å². The minimum absolute atomic E-state index is 0.0711. The maximum absolute atomic E-state index is 12.8. The van der Waals surface area contributed by atoms with Crippen LogP contribution in [-0.4, -0.2) is 29.7 Å². The lowest BCUT2D eigenvalue weighted by Crippen LogP contribution is -2.30. The Morgan fingerprint density at radius 2 is 1.35 bits per heavy atom. The Hall–Kier alpha value is -4.26. The van der Waals surface area contributed by atoms with Crippen LogP contribution in [0.25, 0.3) is 0 Å².